The summed E-state index contributed by atoms with van der Waals surface area (Å²) in [4.78, 5) is 0. The average Bonchev–Trinajstić information content (AvgIpc) is 2.11. The van der Waals surface area contributed by atoms with Crippen molar-refractivity contribution in [1.29, 1.82) is 0 Å². The fraction of sp³-hybridized carbons (Fsp3) is 1.00. The van der Waals surface area contributed by atoms with Gasteiger partial charge in [0.25, 0.3) is 0 Å². The lowest BCUT2D eigenvalue weighted by atomic mass is 9.79. The van der Waals surface area contributed by atoms with Crippen molar-refractivity contribution in [1.82, 2.24) is 0 Å². The minimum absolute atomic E-state index is 0.141. The number of hydrogen-bond donors (Lipinski definition) is 0. The van der Waals surface area contributed by atoms with Gasteiger partial charge < -0.3 is 4.74 Å². The van der Waals surface area contributed by atoms with Gasteiger partial charge in [-0.25, -0.2) is 0 Å². The van der Waals surface area contributed by atoms with E-state index in [4.69, 9.17) is 4.74 Å². The van der Waals surface area contributed by atoms with Crippen molar-refractivity contribution in [3.63, 3.8) is 0 Å². The van der Waals surface area contributed by atoms with Gasteiger partial charge >= 0.3 is 0 Å². The molecule has 1 aliphatic carbocycles. The molecule has 0 spiro atoms. The van der Waals surface area contributed by atoms with Crippen LogP contribution in [0.5, 0.6) is 0 Å². The molecular formula is C15H30O. The van der Waals surface area contributed by atoms with Gasteiger partial charge in [-0.1, -0.05) is 33.1 Å². The van der Waals surface area contributed by atoms with Crippen molar-refractivity contribution in [2.75, 3.05) is 0 Å². The van der Waals surface area contributed by atoms with Gasteiger partial charge in [0.2, 0.25) is 0 Å². The summed E-state index contributed by atoms with van der Waals surface area (Å²) in [5, 5.41) is 0. The second kappa shape index (κ2) is 6.05. The van der Waals surface area contributed by atoms with Gasteiger partial charge in [0.05, 0.1) is 11.7 Å². The molecule has 0 bridgehead atoms. The fourth-order valence-corrected chi connectivity index (χ4v) is 3.02. The van der Waals surface area contributed by atoms with Crippen molar-refractivity contribution >= 4 is 0 Å². The molecule has 16 heavy (non-hydrogen) atoms. The first kappa shape index (κ1) is 14.0. The summed E-state index contributed by atoms with van der Waals surface area (Å²) in [7, 11) is 0. The molecule has 0 aliphatic heterocycles. The first-order valence-corrected chi connectivity index (χ1v) is 7.11. The highest BCUT2D eigenvalue weighted by Gasteiger charge is 2.29. The second-order valence-electron chi connectivity index (χ2n) is 6.41. The van der Waals surface area contributed by atoms with Gasteiger partial charge in [-0.3, -0.25) is 0 Å². The maximum atomic E-state index is 6.14. The Hall–Kier alpha value is -0.0400. The van der Waals surface area contributed by atoms with Crippen molar-refractivity contribution in [2.45, 2.75) is 84.8 Å². The Labute approximate surface area is 102 Å². The molecule has 1 heteroatoms. The highest BCUT2D eigenvalue weighted by molar-refractivity contribution is 4.81. The third-order valence-corrected chi connectivity index (χ3v) is 4.04. The predicted molar refractivity (Wildman–Crippen MR) is 70.7 cm³/mol. The molecular weight excluding hydrogens is 196 g/mol. The Balaban J connectivity index is 2.54. The van der Waals surface area contributed by atoms with Gasteiger partial charge in [0.15, 0.2) is 0 Å². The molecule has 1 aliphatic rings. The lowest BCUT2D eigenvalue weighted by Crippen LogP contribution is -2.34. The Bertz CT molecular complexity index is 198. The van der Waals surface area contributed by atoms with Crippen LogP contribution in [-0.4, -0.2) is 11.7 Å². The quantitative estimate of drug-likeness (QED) is 0.672. The summed E-state index contributed by atoms with van der Waals surface area (Å²) in [6.45, 7) is 11.4. The molecule has 0 N–H and O–H groups in total. The molecule has 0 aromatic heterocycles. The maximum Gasteiger partial charge on any atom is 0.0658 e. The summed E-state index contributed by atoms with van der Waals surface area (Å²) in [6, 6.07) is 0. The van der Waals surface area contributed by atoms with E-state index < -0.39 is 0 Å². The molecule has 2 atom stereocenters. The Morgan fingerprint density at radius 1 is 1.00 bits per heavy atom. The second-order valence-corrected chi connectivity index (χ2v) is 6.41. The summed E-state index contributed by atoms with van der Waals surface area (Å²) < 4.78 is 6.14. The first-order valence-electron chi connectivity index (χ1n) is 7.11. The number of rotatable bonds is 3. The summed E-state index contributed by atoms with van der Waals surface area (Å²) in [5.41, 5.74) is 0.141. The number of hydrogen-bond acceptors (Lipinski definition) is 1. The van der Waals surface area contributed by atoms with E-state index in [0.717, 1.165) is 11.8 Å². The maximum absolute atomic E-state index is 6.14. The third kappa shape index (κ3) is 4.45. The molecule has 0 saturated heterocycles. The van der Waals surface area contributed by atoms with Crippen LogP contribution in [0.4, 0.5) is 0 Å². The average molecular weight is 226 g/mol. The smallest absolute Gasteiger partial charge is 0.0658 e. The van der Waals surface area contributed by atoms with E-state index in [1.54, 1.807) is 0 Å². The van der Waals surface area contributed by atoms with Crippen molar-refractivity contribution in [3.8, 4) is 0 Å². The van der Waals surface area contributed by atoms with Crippen LogP contribution in [0.25, 0.3) is 0 Å². The monoisotopic (exact) mass is 226 g/mol. The molecule has 1 nitrogen and oxygen atoms in total. The van der Waals surface area contributed by atoms with Crippen molar-refractivity contribution in [3.05, 3.63) is 0 Å². The summed E-state index contributed by atoms with van der Waals surface area (Å²) >= 11 is 0. The molecule has 0 heterocycles. The zero-order valence-corrected chi connectivity index (χ0v) is 11.9. The van der Waals surface area contributed by atoms with Crippen LogP contribution in [0.2, 0.25) is 0 Å². The van der Waals surface area contributed by atoms with Gasteiger partial charge in [-0.2, -0.15) is 0 Å². The molecule has 2 unspecified atom stereocenters. The summed E-state index contributed by atoms with van der Waals surface area (Å²) in [6.07, 6.45) is 8.36. The van der Waals surface area contributed by atoms with Gasteiger partial charge in [0.1, 0.15) is 0 Å². The minimum Gasteiger partial charge on any atom is -0.373 e. The van der Waals surface area contributed by atoms with Crippen molar-refractivity contribution in [2.24, 2.45) is 11.8 Å². The lowest BCUT2D eigenvalue weighted by molar-refractivity contribution is -0.0859. The first-order chi connectivity index (χ1) is 7.43. The molecule has 1 rings (SSSR count). The van der Waals surface area contributed by atoms with Gasteiger partial charge in [-0.15, -0.1) is 0 Å². The molecule has 0 amide bonds. The SMILES string of the molecule is CC(C)OC1(C)CCCCC(C(C)C)CC1. The van der Waals surface area contributed by atoms with Crippen molar-refractivity contribution < 1.29 is 4.74 Å². The molecule has 1 saturated carbocycles. The standard InChI is InChI=1S/C15H30O/c1-12(2)14-8-6-7-10-15(5,11-9-14)16-13(3)4/h12-14H,6-11H2,1-5H3. The van der Waals surface area contributed by atoms with Crippen LogP contribution >= 0.6 is 0 Å². The van der Waals surface area contributed by atoms with Crippen LogP contribution in [0.1, 0.15) is 73.1 Å². The molecule has 0 aromatic carbocycles. The van der Waals surface area contributed by atoms with Crippen LogP contribution in [-0.2, 0) is 4.74 Å². The van der Waals surface area contributed by atoms with E-state index in [-0.39, 0.29) is 5.60 Å². The molecule has 0 aromatic rings. The normalized spacial score (nSPS) is 32.8. The summed E-state index contributed by atoms with van der Waals surface area (Å²) in [5.74, 6) is 1.75. The Morgan fingerprint density at radius 2 is 1.69 bits per heavy atom. The third-order valence-electron chi connectivity index (χ3n) is 4.04. The molecule has 96 valence electrons. The lowest BCUT2D eigenvalue weighted by Gasteiger charge is -2.36. The minimum atomic E-state index is 0.141. The van der Waals surface area contributed by atoms with E-state index in [0.29, 0.717) is 6.10 Å². The zero-order chi connectivity index (χ0) is 12.2. The molecule has 0 radical (unpaired) electrons. The fourth-order valence-electron chi connectivity index (χ4n) is 3.02. The van der Waals surface area contributed by atoms with Gasteiger partial charge in [0, 0.05) is 0 Å². The van der Waals surface area contributed by atoms with Crippen LogP contribution in [0.15, 0.2) is 0 Å². The van der Waals surface area contributed by atoms with E-state index in [9.17, 15) is 0 Å². The van der Waals surface area contributed by atoms with Crippen LogP contribution < -0.4 is 0 Å². The topological polar surface area (TPSA) is 9.23 Å². The highest BCUT2D eigenvalue weighted by atomic mass is 16.5. The van der Waals surface area contributed by atoms with E-state index in [2.05, 4.69) is 34.6 Å². The predicted octanol–water partition coefficient (Wildman–Crippen LogP) is 4.80. The van der Waals surface area contributed by atoms with E-state index >= 15 is 0 Å². The largest absolute Gasteiger partial charge is 0.373 e. The van der Waals surface area contributed by atoms with Crippen LogP contribution in [0.3, 0.4) is 0 Å². The highest BCUT2D eigenvalue weighted by Crippen LogP contribution is 2.35. The number of ether oxygens (including phenoxy) is 1. The Kier molecular flexibility index (Phi) is 5.30. The Morgan fingerprint density at radius 3 is 2.25 bits per heavy atom. The van der Waals surface area contributed by atoms with E-state index in [1.807, 2.05) is 0 Å². The van der Waals surface area contributed by atoms with Crippen LogP contribution in [0, 0.1) is 11.8 Å². The zero-order valence-electron chi connectivity index (χ0n) is 11.9. The van der Waals surface area contributed by atoms with Gasteiger partial charge in [-0.05, 0) is 51.9 Å². The van der Waals surface area contributed by atoms with E-state index in [1.165, 1.54) is 38.5 Å². The molecule has 1 fully saturated rings.